The molecule has 1 heterocycles. The lowest BCUT2D eigenvalue weighted by molar-refractivity contribution is 0.0683. The normalized spacial score (nSPS) is 9.08. The zero-order chi connectivity index (χ0) is 9.84. The maximum Gasteiger partial charge on any atom is 0.354 e. The molecule has 0 aliphatic heterocycles. The van der Waals surface area contributed by atoms with Gasteiger partial charge >= 0.3 is 5.97 Å². The monoisotopic (exact) mass is 178 g/mol. The number of carbonyl (C=O) groups is 1. The van der Waals surface area contributed by atoms with E-state index in [-0.39, 0.29) is 5.69 Å². The molecule has 0 aliphatic carbocycles. The Bertz CT molecular complexity index is 382. The van der Waals surface area contributed by atoms with Crippen molar-refractivity contribution in [2.24, 2.45) is 0 Å². The first-order valence-electron chi connectivity index (χ1n) is 3.82. The van der Waals surface area contributed by atoms with Gasteiger partial charge in [0.15, 0.2) is 0 Å². The van der Waals surface area contributed by atoms with Crippen molar-refractivity contribution < 1.29 is 9.90 Å². The zero-order valence-corrected chi connectivity index (χ0v) is 7.53. The van der Waals surface area contributed by atoms with Gasteiger partial charge in [-0.1, -0.05) is 5.92 Å². The average Bonchev–Trinajstić information content (AvgIpc) is 2.43. The highest BCUT2D eigenvalue weighted by atomic mass is 16.4. The fourth-order valence-corrected chi connectivity index (χ4v) is 1.03. The highest BCUT2D eigenvalue weighted by Crippen LogP contribution is 2.06. The van der Waals surface area contributed by atoms with Crippen LogP contribution in [0.1, 0.15) is 23.0 Å². The fraction of sp³-hybridized carbons (Fsp3) is 0.333. The summed E-state index contributed by atoms with van der Waals surface area (Å²) in [5.41, 5.74) is 0.869. The molecule has 1 aromatic heterocycles. The summed E-state index contributed by atoms with van der Waals surface area (Å²) in [5, 5.41) is 12.7. The molecular weight excluding hydrogens is 168 g/mol. The highest BCUT2D eigenvalue weighted by Gasteiger charge is 2.13. The Kier molecular flexibility index (Phi) is 2.70. The van der Waals surface area contributed by atoms with E-state index in [2.05, 4.69) is 16.9 Å². The van der Waals surface area contributed by atoms with Crippen LogP contribution in [0.25, 0.3) is 0 Å². The largest absolute Gasteiger partial charge is 0.477 e. The number of carboxylic acids is 1. The Morgan fingerprint density at radius 2 is 2.46 bits per heavy atom. The summed E-state index contributed by atoms with van der Waals surface area (Å²) in [4.78, 5) is 10.8. The second-order valence-corrected chi connectivity index (χ2v) is 2.57. The first-order valence-corrected chi connectivity index (χ1v) is 3.82. The number of hydrogen-bond donors (Lipinski definition) is 1. The molecule has 4 nitrogen and oxygen atoms in total. The Balaban J connectivity index is 3.05. The molecule has 1 rings (SSSR count). The van der Waals surface area contributed by atoms with Crippen molar-refractivity contribution in [3.05, 3.63) is 17.5 Å². The minimum Gasteiger partial charge on any atom is -0.477 e. The predicted octanol–water partition coefficient (Wildman–Crippen LogP) is 0.913. The summed E-state index contributed by atoms with van der Waals surface area (Å²) < 4.78 is 1.38. The van der Waals surface area contributed by atoms with E-state index < -0.39 is 5.97 Å². The van der Waals surface area contributed by atoms with Gasteiger partial charge < -0.3 is 5.11 Å². The molecule has 68 valence electrons. The number of aromatic nitrogens is 2. The van der Waals surface area contributed by atoms with E-state index >= 15 is 0 Å². The van der Waals surface area contributed by atoms with E-state index in [1.807, 2.05) is 0 Å². The second-order valence-electron chi connectivity index (χ2n) is 2.57. The van der Waals surface area contributed by atoms with Crippen molar-refractivity contribution in [3.8, 4) is 11.8 Å². The lowest BCUT2D eigenvalue weighted by Gasteiger charge is -1.98. The molecule has 0 unspecified atom stereocenters. The molecule has 4 heteroatoms. The van der Waals surface area contributed by atoms with E-state index in [4.69, 9.17) is 5.11 Å². The third-order valence-electron chi connectivity index (χ3n) is 1.63. The van der Waals surface area contributed by atoms with Crippen molar-refractivity contribution in [3.63, 3.8) is 0 Å². The first kappa shape index (κ1) is 9.33. The number of carboxylic acid groups (broad SMARTS) is 1. The molecule has 0 radical (unpaired) electrons. The molecule has 0 amide bonds. The van der Waals surface area contributed by atoms with Crippen LogP contribution >= 0.6 is 0 Å². The average molecular weight is 178 g/mol. The fourth-order valence-electron chi connectivity index (χ4n) is 1.03. The van der Waals surface area contributed by atoms with E-state index in [1.165, 1.54) is 10.9 Å². The van der Waals surface area contributed by atoms with Crippen LogP contribution in [0, 0.1) is 18.8 Å². The molecule has 0 bridgehead atoms. The molecule has 0 aromatic carbocycles. The van der Waals surface area contributed by atoms with Crippen molar-refractivity contribution >= 4 is 5.97 Å². The number of aryl methyl sites for hydroxylation is 1. The van der Waals surface area contributed by atoms with Crippen LogP contribution in [-0.4, -0.2) is 20.9 Å². The first-order chi connectivity index (χ1) is 6.16. The number of nitrogens with zero attached hydrogens (tertiary/aromatic N) is 2. The lowest BCUT2D eigenvalue weighted by Crippen LogP contribution is -2.10. The summed E-state index contributed by atoms with van der Waals surface area (Å²) in [6.45, 7) is 3.75. The number of hydrogen-bond acceptors (Lipinski definition) is 2. The Labute approximate surface area is 76.2 Å². The molecule has 0 spiro atoms. The van der Waals surface area contributed by atoms with Gasteiger partial charge in [0, 0.05) is 5.56 Å². The summed E-state index contributed by atoms with van der Waals surface area (Å²) in [5.74, 6) is 4.48. The van der Waals surface area contributed by atoms with E-state index in [1.54, 1.807) is 13.8 Å². The number of aromatic carboxylic acids is 1. The van der Waals surface area contributed by atoms with Crippen molar-refractivity contribution in [2.75, 3.05) is 0 Å². The zero-order valence-electron chi connectivity index (χ0n) is 7.53. The third-order valence-corrected chi connectivity index (χ3v) is 1.63. The molecule has 0 aliphatic rings. The standard InChI is InChI=1S/C9H10N2O2/c1-3-4-5-11-8(9(12)13)7(2)6-10-11/h6H,5H2,1-2H3,(H,12,13). The van der Waals surface area contributed by atoms with Gasteiger partial charge in [0.2, 0.25) is 0 Å². The molecule has 0 atom stereocenters. The van der Waals surface area contributed by atoms with E-state index in [0.29, 0.717) is 12.1 Å². The van der Waals surface area contributed by atoms with Crippen molar-refractivity contribution in [1.29, 1.82) is 0 Å². The molecule has 0 saturated carbocycles. The second kappa shape index (κ2) is 3.76. The van der Waals surface area contributed by atoms with Gasteiger partial charge in [-0.15, -0.1) is 5.92 Å². The van der Waals surface area contributed by atoms with Crippen LogP contribution in [0.5, 0.6) is 0 Å². The van der Waals surface area contributed by atoms with Crippen LogP contribution in [0.15, 0.2) is 6.20 Å². The molecular formula is C9H10N2O2. The minimum atomic E-state index is -0.965. The van der Waals surface area contributed by atoms with Crippen LogP contribution in [-0.2, 0) is 6.54 Å². The van der Waals surface area contributed by atoms with Crippen LogP contribution in [0.2, 0.25) is 0 Å². The number of rotatable bonds is 2. The highest BCUT2D eigenvalue weighted by molar-refractivity contribution is 5.87. The van der Waals surface area contributed by atoms with Crippen LogP contribution < -0.4 is 0 Å². The van der Waals surface area contributed by atoms with Crippen molar-refractivity contribution in [2.45, 2.75) is 20.4 Å². The molecule has 1 aromatic rings. The van der Waals surface area contributed by atoms with E-state index in [0.717, 1.165) is 0 Å². The van der Waals surface area contributed by atoms with E-state index in [9.17, 15) is 4.79 Å². The van der Waals surface area contributed by atoms with Gasteiger partial charge in [0.05, 0.1) is 6.20 Å². The lowest BCUT2D eigenvalue weighted by atomic mass is 10.3. The molecule has 0 saturated heterocycles. The Morgan fingerprint density at radius 1 is 1.77 bits per heavy atom. The van der Waals surface area contributed by atoms with Gasteiger partial charge in [0.1, 0.15) is 12.2 Å². The van der Waals surface area contributed by atoms with Gasteiger partial charge in [-0.2, -0.15) is 5.10 Å². The predicted molar refractivity (Wildman–Crippen MR) is 47.4 cm³/mol. The third kappa shape index (κ3) is 1.88. The molecule has 13 heavy (non-hydrogen) atoms. The van der Waals surface area contributed by atoms with Crippen LogP contribution in [0.4, 0.5) is 0 Å². The maximum absolute atomic E-state index is 10.8. The minimum absolute atomic E-state index is 0.211. The summed E-state index contributed by atoms with van der Waals surface area (Å²) >= 11 is 0. The van der Waals surface area contributed by atoms with Crippen LogP contribution in [0.3, 0.4) is 0 Å². The van der Waals surface area contributed by atoms with Gasteiger partial charge in [0.25, 0.3) is 0 Å². The topological polar surface area (TPSA) is 55.1 Å². The SMILES string of the molecule is CC#CCn1ncc(C)c1C(=O)O. The quantitative estimate of drug-likeness (QED) is 0.685. The maximum atomic E-state index is 10.8. The summed E-state index contributed by atoms with van der Waals surface area (Å²) in [7, 11) is 0. The molecule has 1 N–H and O–H groups in total. The van der Waals surface area contributed by atoms with Crippen molar-refractivity contribution in [1.82, 2.24) is 9.78 Å². The Morgan fingerprint density at radius 3 is 3.00 bits per heavy atom. The van der Waals surface area contributed by atoms with Gasteiger partial charge in [-0.05, 0) is 13.8 Å². The van der Waals surface area contributed by atoms with Gasteiger partial charge in [-0.3, -0.25) is 0 Å². The smallest absolute Gasteiger partial charge is 0.354 e. The Hall–Kier alpha value is -1.76. The van der Waals surface area contributed by atoms with Gasteiger partial charge in [-0.25, -0.2) is 9.48 Å². The summed E-state index contributed by atoms with van der Waals surface area (Å²) in [6, 6.07) is 0. The molecule has 0 fully saturated rings. The summed E-state index contributed by atoms with van der Waals surface area (Å²) in [6.07, 6.45) is 1.53.